The van der Waals surface area contributed by atoms with Gasteiger partial charge in [0.1, 0.15) is 6.33 Å². The molecule has 1 N–H and O–H groups in total. The topological polar surface area (TPSA) is 42.2 Å². The highest BCUT2D eigenvalue weighted by Crippen LogP contribution is 2.37. The van der Waals surface area contributed by atoms with Crippen molar-refractivity contribution in [2.75, 3.05) is 0 Å². The van der Waals surface area contributed by atoms with Crippen molar-refractivity contribution in [1.82, 2.24) is 19.9 Å². The lowest BCUT2D eigenvalue weighted by Crippen LogP contribution is -2.64. The van der Waals surface area contributed by atoms with Crippen molar-refractivity contribution >= 4 is 37.0 Å². The fourth-order valence-electron chi connectivity index (χ4n) is 3.08. The number of hydrogen-bond donors (Lipinski definition) is 1. The van der Waals surface area contributed by atoms with Crippen molar-refractivity contribution < 1.29 is 4.39 Å². The zero-order valence-corrected chi connectivity index (χ0v) is 11.7. The van der Waals surface area contributed by atoms with Crippen LogP contribution in [0.15, 0.2) is 12.5 Å². The number of hydrogen-bond acceptors (Lipinski definition) is 3. The number of rotatable bonds is 1. The van der Waals surface area contributed by atoms with Gasteiger partial charge in [-0.2, -0.15) is 5.10 Å². The molecule has 0 amide bonds. The van der Waals surface area contributed by atoms with Crippen LogP contribution in [0.3, 0.4) is 0 Å². The lowest BCUT2D eigenvalue weighted by molar-refractivity contribution is 0.344. The normalized spacial score (nSPS) is 21.6. The molecule has 3 rings (SSSR count). The minimum Gasteiger partial charge on any atom is -0.339 e. The fourth-order valence-corrected chi connectivity index (χ4v) is 3.08. The highest BCUT2D eigenvalue weighted by molar-refractivity contribution is 6.44. The number of nitrogens with zero attached hydrogens (tertiary/aromatic N) is 3. The second-order valence-corrected chi connectivity index (χ2v) is 5.86. The Morgan fingerprint density at radius 1 is 1.29 bits per heavy atom. The van der Waals surface area contributed by atoms with Crippen LogP contribution >= 0.6 is 0 Å². The molecule has 0 atom stereocenters. The van der Waals surface area contributed by atoms with Gasteiger partial charge in [-0.25, -0.2) is 13.9 Å². The quantitative estimate of drug-likeness (QED) is 0.721. The van der Waals surface area contributed by atoms with Gasteiger partial charge in [-0.3, -0.25) is 0 Å². The highest BCUT2D eigenvalue weighted by Gasteiger charge is 2.37. The van der Waals surface area contributed by atoms with E-state index in [0.29, 0.717) is 18.4 Å². The Morgan fingerprint density at radius 3 is 2.52 bits per heavy atom. The summed E-state index contributed by atoms with van der Waals surface area (Å²) >= 11 is 0. The fraction of sp³-hybridized carbons (Fsp3) is 0.500. The SMILES string of the molecule is [B]C1([B])CC(c2cn3ncnc3c(F)c2C)CC([B])([B])N1. The Labute approximate surface area is 127 Å². The van der Waals surface area contributed by atoms with Gasteiger partial charge in [0.2, 0.25) is 0 Å². The summed E-state index contributed by atoms with van der Waals surface area (Å²) in [7, 11) is 23.8. The number of piperidine rings is 1. The molecule has 4 nitrogen and oxygen atoms in total. The first-order valence-corrected chi connectivity index (χ1v) is 6.62. The molecule has 98 valence electrons. The van der Waals surface area contributed by atoms with E-state index in [1.54, 1.807) is 13.1 Å². The van der Waals surface area contributed by atoms with E-state index in [4.69, 9.17) is 31.4 Å². The van der Waals surface area contributed by atoms with Crippen LogP contribution in [0.2, 0.25) is 0 Å². The Kier molecular flexibility index (Phi) is 3.24. The molecular formula is C12H11B4FN4. The predicted molar refractivity (Wildman–Crippen MR) is 81.3 cm³/mol. The molecule has 1 aliphatic rings. The van der Waals surface area contributed by atoms with Gasteiger partial charge in [0.25, 0.3) is 0 Å². The zero-order valence-electron chi connectivity index (χ0n) is 11.7. The van der Waals surface area contributed by atoms with Crippen LogP contribution in [0.4, 0.5) is 4.39 Å². The molecule has 8 radical (unpaired) electrons. The monoisotopic (exact) mass is 274 g/mol. The van der Waals surface area contributed by atoms with Gasteiger partial charge in [-0.1, -0.05) is 10.7 Å². The molecule has 0 saturated carbocycles. The summed E-state index contributed by atoms with van der Waals surface area (Å²) < 4.78 is 15.8. The van der Waals surface area contributed by atoms with Crippen LogP contribution in [-0.2, 0) is 0 Å². The number of aromatic nitrogens is 3. The van der Waals surface area contributed by atoms with Crippen molar-refractivity contribution in [2.24, 2.45) is 0 Å². The number of nitrogens with one attached hydrogen (secondary N) is 1. The van der Waals surface area contributed by atoms with E-state index in [0.717, 1.165) is 5.56 Å². The van der Waals surface area contributed by atoms with Crippen molar-refractivity contribution in [3.8, 4) is 0 Å². The van der Waals surface area contributed by atoms with Gasteiger partial charge in [-0.05, 0) is 36.8 Å². The second kappa shape index (κ2) is 4.63. The van der Waals surface area contributed by atoms with Crippen molar-refractivity contribution in [3.63, 3.8) is 0 Å². The molecule has 0 unspecified atom stereocenters. The Bertz CT molecular complexity index is 684. The smallest absolute Gasteiger partial charge is 0.191 e. The highest BCUT2D eigenvalue weighted by atomic mass is 19.1. The lowest BCUT2D eigenvalue weighted by Gasteiger charge is -2.48. The molecule has 9 heteroatoms. The minimum atomic E-state index is -1.22. The molecule has 3 heterocycles. The number of halogens is 1. The van der Waals surface area contributed by atoms with Gasteiger partial charge in [0.15, 0.2) is 11.5 Å². The van der Waals surface area contributed by atoms with Gasteiger partial charge < -0.3 is 5.32 Å². The summed E-state index contributed by atoms with van der Waals surface area (Å²) in [4.78, 5) is 3.89. The molecule has 0 aliphatic carbocycles. The van der Waals surface area contributed by atoms with Gasteiger partial charge in [-0.15, -0.1) is 0 Å². The van der Waals surface area contributed by atoms with Crippen molar-refractivity contribution in [1.29, 1.82) is 0 Å². The maximum Gasteiger partial charge on any atom is 0.191 e. The molecule has 0 spiro atoms. The van der Waals surface area contributed by atoms with Crippen molar-refractivity contribution in [3.05, 3.63) is 29.5 Å². The van der Waals surface area contributed by atoms with Crippen LogP contribution in [0.1, 0.15) is 29.9 Å². The molecule has 21 heavy (non-hydrogen) atoms. The Morgan fingerprint density at radius 2 is 1.90 bits per heavy atom. The van der Waals surface area contributed by atoms with E-state index >= 15 is 0 Å². The standard InChI is InChI=1S/C12H11B4FN4/c1-6-8(4-21-10(9(6)17)18-5-19-21)7-2-11(13,14)20-12(15,16)3-7/h4-5,7,20H,2-3H2,1H3. The van der Waals surface area contributed by atoms with E-state index in [1.165, 1.54) is 10.8 Å². The number of pyridine rings is 1. The maximum atomic E-state index is 14.4. The van der Waals surface area contributed by atoms with E-state index in [1.807, 2.05) is 0 Å². The van der Waals surface area contributed by atoms with E-state index in [-0.39, 0.29) is 11.6 Å². The van der Waals surface area contributed by atoms with Crippen LogP contribution in [-0.4, -0.2) is 56.7 Å². The van der Waals surface area contributed by atoms with Crippen LogP contribution < -0.4 is 5.32 Å². The maximum absolute atomic E-state index is 14.4. The average molecular weight is 273 g/mol. The summed E-state index contributed by atoms with van der Waals surface area (Å²) in [5.74, 6) is -0.595. The third-order valence-corrected chi connectivity index (χ3v) is 3.87. The Hall–Kier alpha value is -1.23. The molecule has 1 fully saturated rings. The van der Waals surface area contributed by atoms with Gasteiger partial charge in [0, 0.05) is 6.20 Å². The van der Waals surface area contributed by atoms with Crippen LogP contribution in [0.25, 0.3) is 5.65 Å². The van der Waals surface area contributed by atoms with E-state index < -0.39 is 16.5 Å². The molecule has 1 aliphatic heterocycles. The second-order valence-electron chi connectivity index (χ2n) is 5.86. The summed E-state index contributed by atoms with van der Waals surface area (Å²) in [5.41, 5.74) is 1.39. The first kappa shape index (κ1) is 14.7. The third kappa shape index (κ3) is 2.63. The summed E-state index contributed by atoms with van der Waals surface area (Å²) in [5, 5.41) is 4.32. The minimum absolute atomic E-state index is 0.181. The predicted octanol–water partition coefficient (Wildman–Crippen LogP) is -0.375. The average Bonchev–Trinajstić information content (AvgIpc) is 2.78. The summed E-state index contributed by atoms with van der Waals surface area (Å²) in [6.45, 7) is 1.69. The Balaban J connectivity index is 2.09. The van der Waals surface area contributed by atoms with Crippen LogP contribution in [0.5, 0.6) is 0 Å². The molecule has 2 aromatic heterocycles. The molecule has 1 saturated heterocycles. The largest absolute Gasteiger partial charge is 0.339 e. The van der Waals surface area contributed by atoms with Crippen LogP contribution in [0, 0.1) is 12.7 Å². The summed E-state index contributed by atoms with van der Waals surface area (Å²) in [6, 6.07) is 0. The molecule has 2 aromatic rings. The zero-order chi connectivity index (χ0) is 15.4. The lowest BCUT2D eigenvalue weighted by atomic mass is 9.46. The molecule has 0 bridgehead atoms. The van der Waals surface area contributed by atoms with E-state index in [2.05, 4.69) is 15.4 Å². The van der Waals surface area contributed by atoms with Crippen molar-refractivity contribution in [2.45, 2.75) is 36.4 Å². The third-order valence-electron chi connectivity index (χ3n) is 3.87. The first-order chi connectivity index (χ1) is 9.69. The number of fused-ring (bicyclic) bond motifs is 1. The molecule has 0 aromatic carbocycles. The van der Waals surface area contributed by atoms with Gasteiger partial charge >= 0.3 is 0 Å². The van der Waals surface area contributed by atoms with Gasteiger partial charge in [0.05, 0.1) is 31.4 Å². The summed E-state index contributed by atoms with van der Waals surface area (Å²) in [6.07, 6.45) is 3.78. The molecular weight excluding hydrogens is 262 g/mol. The van der Waals surface area contributed by atoms with E-state index in [9.17, 15) is 4.39 Å². The first-order valence-electron chi connectivity index (χ1n) is 6.62.